The van der Waals surface area contributed by atoms with E-state index in [0.29, 0.717) is 12.3 Å². The van der Waals surface area contributed by atoms with Crippen molar-refractivity contribution in [3.8, 4) is 5.75 Å². The van der Waals surface area contributed by atoms with E-state index in [1.807, 2.05) is 12.1 Å². The highest BCUT2D eigenvalue weighted by Gasteiger charge is 2.18. The van der Waals surface area contributed by atoms with Crippen molar-refractivity contribution in [3.63, 3.8) is 0 Å². The van der Waals surface area contributed by atoms with Crippen LogP contribution in [0.4, 0.5) is 0 Å². The van der Waals surface area contributed by atoms with Crippen LogP contribution in [-0.4, -0.2) is 59.2 Å². The molecule has 0 unspecified atom stereocenters. The van der Waals surface area contributed by atoms with E-state index in [-0.39, 0.29) is 11.7 Å². The Morgan fingerprint density at radius 2 is 1.74 bits per heavy atom. The third kappa shape index (κ3) is 5.91. The number of carbonyl (C=O) groups excluding carboxylic acids is 1. The molecule has 0 aliphatic carbocycles. The maximum Gasteiger partial charge on any atom is 0.254 e. The van der Waals surface area contributed by atoms with Gasteiger partial charge < -0.3 is 5.11 Å². The number of aromatic hydroxyl groups is 1. The molecule has 1 aliphatic rings. The molecule has 2 aromatic carbocycles. The normalized spacial score (nSPS) is 16.3. The van der Waals surface area contributed by atoms with Crippen molar-refractivity contribution in [2.24, 2.45) is 5.10 Å². The highest BCUT2D eigenvalue weighted by molar-refractivity contribution is 5.99. The maximum absolute atomic E-state index is 12.2. The molecule has 6 nitrogen and oxygen atoms in total. The van der Waals surface area contributed by atoms with Crippen LogP contribution in [0.2, 0.25) is 0 Å². The van der Waals surface area contributed by atoms with Crippen LogP contribution >= 0.6 is 0 Å². The Morgan fingerprint density at radius 1 is 1.04 bits per heavy atom. The lowest BCUT2D eigenvalue weighted by molar-refractivity contribution is -0.122. The minimum atomic E-state index is -0.119. The van der Waals surface area contributed by atoms with Crippen LogP contribution in [0.3, 0.4) is 0 Å². The molecule has 1 amide bonds. The van der Waals surface area contributed by atoms with Crippen molar-refractivity contribution in [2.75, 3.05) is 32.7 Å². The summed E-state index contributed by atoms with van der Waals surface area (Å²) in [6.07, 6.45) is 0. The molecular weight excluding hydrogens is 340 g/mol. The summed E-state index contributed by atoms with van der Waals surface area (Å²) in [4.78, 5) is 16.7. The molecule has 0 radical (unpaired) electrons. The van der Waals surface area contributed by atoms with E-state index < -0.39 is 0 Å². The molecule has 27 heavy (non-hydrogen) atoms. The van der Waals surface area contributed by atoms with Crippen LogP contribution < -0.4 is 5.43 Å². The van der Waals surface area contributed by atoms with E-state index >= 15 is 0 Å². The highest BCUT2D eigenvalue weighted by Crippen LogP contribution is 2.11. The number of phenols is 1. The van der Waals surface area contributed by atoms with Gasteiger partial charge in [0, 0.05) is 38.3 Å². The Labute approximate surface area is 160 Å². The van der Waals surface area contributed by atoms with Crippen LogP contribution in [0.25, 0.3) is 0 Å². The standard InChI is InChI=1S/C21H26N4O2/c1-17(19-8-5-9-20(26)14-19)22-23-21(27)16-25-12-10-24(11-13-25)15-18-6-3-2-4-7-18/h2-9,14,26H,10-13,15-16H2,1H3,(H,23,27). The van der Waals surface area contributed by atoms with Gasteiger partial charge in [-0.15, -0.1) is 0 Å². The number of rotatable bonds is 6. The summed E-state index contributed by atoms with van der Waals surface area (Å²) in [6, 6.07) is 17.3. The molecule has 0 bridgehead atoms. The number of hydrogen-bond acceptors (Lipinski definition) is 5. The fraction of sp³-hybridized carbons (Fsp3) is 0.333. The molecule has 1 fully saturated rings. The molecular formula is C21H26N4O2. The number of benzene rings is 2. The lowest BCUT2D eigenvalue weighted by Gasteiger charge is -2.34. The van der Waals surface area contributed by atoms with Gasteiger partial charge in [0.2, 0.25) is 0 Å². The maximum atomic E-state index is 12.2. The molecule has 142 valence electrons. The molecule has 1 saturated heterocycles. The summed E-state index contributed by atoms with van der Waals surface area (Å²) < 4.78 is 0. The Kier molecular flexibility index (Phi) is 6.57. The molecule has 0 aromatic heterocycles. The minimum absolute atomic E-state index is 0.119. The average molecular weight is 366 g/mol. The van der Waals surface area contributed by atoms with Crippen LogP contribution in [-0.2, 0) is 11.3 Å². The zero-order valence-electron chi connectivity index (χ0n) is 15.6. The highest BCUT2D eigenvalue weighted by atomic mass is 16.3. The van der Waals surface area contributed by atoms with Gasteiger partial charge in [0.05, 0.1) is 12.3 Å². The van der Waals surface area contributed by atoms with Crippen molar-refractivity contribution in [3.05, 3.63) is 65.7 Å². The van der Waals surface area contributed by atoms with Crippen LogP contribution in [0.1, 0.15) is 18.1 Å². The van der Waals surface area contributed by atoms with E-state index in [2.05, 4.69) is 44.6 Å². The first-order valence-electron chi connectivity index (χ1n) is 9.21. The first kappa shape index (κ1) is 19.1. The number of nitrogens with zero attached hydrogens (tertiary/aromatic N) is 3. The Morgan fingerprint density at radius 3 is 2.44 bits per heavy atom. The van der Waals surface area contributed by atoms with E-state index in [0.717, 1.165) is 38.3 Å². The summed E-state index contributed by atoms with van der Waals surface area (Å²) in [5.74, 6) is 0.0627. The van der Waals surface area contributed by atoms with Crippen LogP contribution in [0.5, 0.6) is 5.75 Å². The van der Waals surface area contributed by atoms with Gasteiger partial charge in [-0.2, -0.15) is 5.10 Å². The first-order valence-corrected chi connectivity index (χ1v) is 9.21. The molecule has 2 N–H and O–H groups in total. The largest absolute Gasteiger partial charge is 0.508 e. The SMILES string of the molecule is CC(=NNC(=O)CN1CCN(Cc2ccccc2)CC1)c1cccc(O)c1. The zero-order chi connectivity index (χ0) is 19.1. The van der Waals surface area contributed by atoms with Gasteiger partial charge in [0.15, 0.2) is 0 Å². The zero-order valence-corrected chi connectivity index (χ0v) is 15.6. The second kappa shape index (κ2) is 9.30. The molecule has 2 aromatic rings. The molecule has 3 rings (SSSR count). The molecule has 1 aliphatic heterocycles. The number of carbonyl (C=O) groups is 1. The minimum Gasteiger partial charge on any atom is -0.508 e. The van der Waals surface area contributed by atoms with Gasteiger partial charge in [-0.05, 0) is 24.6 Å². The lowest BCUT2D eigenvalue weighted by Crippen LogP contribution is -2.48. The van der Waals surface area contributed by atoms with Gasteiger partial charge in [0.1, 0.15) is 5.75 Å². The number of piperazine rings is 1. The fourth-order valence-corrected chi connectivity index (χ4v) is 3.13. The predicted octanol–water partition coefficient (Wildman–Crippen LogP) is 2.05. The Bertz CT molecular complexity index is 784. The van der Waals surface area contributed by atoms with Crippen molar-refractivity contribution >= 4 is 11.6 Å². The van der Waals surface area contributed by atoms with Crippen molar-refractivity contribution < 1.29 is 9.90 Å². The van der Waals surface area contributed by atoms with Crippen molar-refractivity contribution in [1.29, 1.82) is 0 Å². The summed E-state index contributed by atoms with van der Waals surface area (Å²) in [7, 11) is 0. The fourth-order valence-electron chi connectivity index (χ4n) is 3.13. The molecule has 0 spiro atoms. The molecule has 0 saturated carbocycles. The molecule has 1 heterocycles. The topological polar surface area (TPSA) is 68.2 Å². The Hall–Kier alpha value is -2.70. The molecule has 6 heteroatoms. The molecule has 0 atom stereocenters. The van der Waals surface area contributed by atoms with Gasteiger partial charge in [-0.1, -0.05) is 42.5 Å². The first-order chi connectivity index (χ1) is 13.1. The summed E-state index contributed by atoms with van der Waals surface area (Å²) in [5.41, 5.74) is 5.37. The summed E-state index contributed by atoms with van der Waals surface area (Å²) in [6.45, 7) is 6.74. The van der Waals surface area contributed by atoms with Crippen molar-refractivity contribution in [1.82, 2.24) is 15.2 Å². The van der Waals surface area contributed by atoms with Gasteiger partial charge in [0.25, 0.3) is 5.91 Å². The predicted molar refractivity (Wildman–Crippen MR) is 107 cm³/mol. The third-order valence-electron chi connectivity index (χ3n) is 4.69. The number of hydrazone groups is 1. The number of nitrogens with one attached hydrogen (secondary N) is 1. The number of phenolic OH excluding ortho intramolecular Hbond substituents is 1. The quantitative estimate of drug-likeness (QED) is 0.607. The summed E-state index contributed by atoms with van der Waals surface area (Å²) >= 11 is 0. The summed E-state index contributed by atoms with van der Waals surface area (Å²) in [5, 5.41) is 13.7. The monoisotopic (exact) mass is 366 g/mol. The third-order valence-corrected chi connectivity index (χ3v) is 4.69. The van der Waals surface area contributed by atoms with Gasteiger partial charge in [-0.3, -0.25) is 14.6 Å². The second-order valence-corrected chi connectivity index (χ2v) is 6.82. The van der Waals surface area contributed by atoms with Crippen LogP contribution in [0, 0.1) is 0 Å². The second-order valence-electron chi connectivity index (χ2n) is 6.82. The van der Waals surface area contributed by atoms with E-state index in [1.165, 1.54) is 5.56 Å². The smallest absolute Gasteiger partial charge is 0.254 e. The average Bonchev–Trinajstić information content (AvgIpc) is 2.68. The lowest BCUT2D eigenvalue weighted by atomic mass is 10.1. The Balaban J connectivity index is 1.42. The van der Waals surface area contributed by atoms with E-state index in [1.54, 1.807) is 25.1 Å². The van der Waals surface area contributed by atoms with Crippen molar-refractivity contribution in [2.45, 2.75) is 13.5 Å². The number of amides is 1. The number of hydrogen-bond donors (Lipinski definition) is 2. The van der Waals surface area contributed by atoms with E-state index in [4.69, 9.17) is 0 Å². The van der Waals surface area contributed by atoms with Gasteiger partial charge in [-0.25, -0.2) is 5.43 Å². The van der Waals surface area contributed by atoms with E-state index in [9.17, 15) is 9.90 Å². The van der Waals surface area contributed by atoms with Crippen LogP contribution in [0.15, 0.2) is 59.7 Å². The van der Waals surface area contributed by atoms with Gasteiger partial charge >= 0.3 is 0 Å².